The number of piperidine rings is 1. The summed E-state index contributed by atoms with van der Waals surface area (Å²) in [5, 5.41) is 39.9. The van der Waals surface area contributed by atoms with Crippen molar-refractivity contribution >= 4 is 46.0 Å². The number of amides is 2. The number of aromatic amines is 1. The molecule has 0 unspecified atom stereocenters. The summed E-state index contributed by atoms with van der Waals surface area (Å²) >= 11 is 0. The van der Waals surface area contributed by atoms with Gasteiger partial charge in [-0.2, -0.15) is 9.94 Å². The highest BCUT2D eigenvalue weighted by atomic mass is 19.1. The molecule has 96 heavy (non-hydrogen) atoms. The summed E-state index contributed by atoms with van der Waals surface area (Å²) in [6.07, 6.45) is 6.61. The van der Waals surface area contributed by atoms with E-state index in [1.807, 2.05) is 30.3 Å². The number of esters is 1. The van der Waals surface area contributed by atoms with E-state index < -0.39 is 46.8 Å². The van der Waals surface area contributed by atoms with Gasteiger partial charge in [-0.3, -0.25) is 34.4 Å². The number of pyridine rings is 1. The third-order valence-electron chi connectivity index (χ3n) is 15.0. The fourth-order valence-electron chi connectivity index (χ4n) is 10.0. The van der Waals surface area contributed by atoms with Crippen LogP contribution < -0.4 is 25.4 Å². The van der Waals surface area contributed by atoms with E-state index in [-0.39, 0.29) is 81.3 Å². The minimum Gasteiger partial charge on any atom is -0.494 e. The molecule has 2 saturated heterocycles. The Kier molecular flexibility index (Phi) is 30.3. The number of rotatable bonds is 42. The van der Waals surface area contributed by atoms with Gasteiger partial charge in [0.2, 0.25) is 11.6 Å². The number of methoxy groups -OCH3 is 1. The number of carbonyl (C=O) groups is 4. The van der Waals surface area contributed by atoms with Gasteiger partial charge in [-0.15, -0.1) is 10.2 Å². The highest BCUT2D eigenvalue weighted by molar-refractivity contribution is 6.45. The Balaban J connectivity index is 0.564. The smallest absolute Gasteiger partial charge is 0.313 e. The van der Waals surface area contributed by atoms with E-state index in [4.69, 9.17) is 48.0 Å². The number of halogens is 3. The van der Waals surface area contributed by atoms with Gasteiger partial charge in [-0.05, 0) is 24.0 Å². The lowest BCUT2D eigenvalue weighted by Crippen LogP contribution is -2.50. The summed E-state index contributed by atoms with van der Waals surface area (Å²) in [6, 6.07) is 12.5. The zero-order chi connectivity index (χ0) is 67.7. The highest BCUT2D eigenvalue weighted by Gasteiger charge is 2.31. The van der Waals surface area contributed by atoms with Crippen molar-refractivity contribution in [2.24, 2.45) is 0 Å². The fraction of sp³-hybridized carbons (Fsp3) is 0.508. The molecule has 4 aromatic heterocycles. The van der Waals surface area contributed by atoms with Crippen molar-refractivity contribution < 1.29 is 79.7 Å². The molecule has 6 heterocycles. The molecule has 0 radical (unpaired) electrons. The SMILES string of the molecule is COc1cnc(-n2cnc(C(=O)NCCNC(=N)NCCN3CCN(CCOCCOCCOCCOCc4cn(CCOCCOCCOCCOCCC(=O)Oc5c(F)cc(F)cc5F)nn4)CC3)n2)c2[nH]cc(C(=O)C(=O)N3CCC(=C(C#N)c4ccccc4)CC3)c12. The van der Waals surface area contributed by atoms with Crippen molar-refractivity contribution in [3.63, 3.8) is 0 Å². The second-order valence-corrected chi connectivity index (χ2v) is 21.6. The van der Waals surface area contributed by atoms with Gasteiger partial charge in [0.1, 0.15) is 23.6 Å². The average Bonchev–Trinajstić information content (AvgIpc) is 1.59. The second-order valence-electron chi connectivity index (χ2n) is 21.6. The molecular formula is C63H81F3N16O14. The molecule has 5 N–H and O–H groups in total. The second kappa shape index (κ2) is 39.9. The van der Waals surface area contributed by atoms with Crippen LogP contribution in [0.3, 0.4) is 0 Å². The third-order valence-corrected chi connectivity index (χ3v) is 15.0. The molecule has 0 atom stereocenters. The van der Waals surface area contributed by atoms with Crippen molar-refractivity contribution in [3.8, 4) is 23.4 Å². The van der Waals surface area contributed by atoms with Crippen molar-refractivity contribution in [3.05, 3.63) is 113 Å². The molecule has 2 aromatic carbocycles. The van der Waals surface area contributed by atoms with Crippen LogP contribution in [0.15, 0.2) is 73.0 Å². The van der Waals surface area contributed by atoms with E-state index in [2.05, 4.69) is 66.9 Å². The number of allylic oxidation sites excluding steroid dienone is 1. The van der Waals surface area contributed by atoms with Crippen LogP contribution in [0.25, 0.3) is 22.3 Å². The minimum absolute atomic E-state index is 0.0551. The molecule has 33 heteroatoms. The lowest BCUT2D eigenvalue weighted by atomic mass is 9.93. The van der Waals surface area contributed by atoms with Crippen LogP contribution in [-0.4, -0.2) is 262 Å². The van der Waals surface area contributed by atoms with Gasteiger partial charge in [-0.1, -0.05) is 35.5 Å². The number of aromatic nitrogens is 8. The average molecular weight is 1340 g/mol. The maximum absolute atomic E-state index is 13.8. The van der Waals surface area contributed by atoms with Crippen LogP contribution in [0.5, 0.6) is 11.5 Å². The van der Waals surface area contributed by atoms with E-state index in [9.17, 15) is 37.6 Å². The first kappa shape index (κ1) is 73.0. The Morgan fingerprint density at radius 3 is 1.92 bits per heavy atom. The summed E-state index contributed by atoms with van der Waals surface area (Å²) in [5.74, 6) is -7.10. The van der Waals surface area contributed by atoms with Gasteiger partial charge in [0.05, 0.1) is 166 Å². The predicted octanol–water partition coefficient (Wildman–Crippen LogP) is 2.73. The molecule has 518 valence electrons. The number of carbonyl (C=O) groups excluding carboxylic acids is 4. The third kappa shape index (κ3) is 23.2. The Morgan fingerprint density at radius 2 is 1.28 bits per heavy atom. The summed E-state index contributed by atoms with van der Waals surface area (Å²) in [4.78, 5) is 70.1. The quantitative estimate of drug-likeness (QED) is 0.00537. The number of fused-ring (bicyclic) bond motifs is 1. The number of ketones is 1. The number of likely N-dealkylation sites (tertiary alicyclic amines) is 1. The fourth-order valence-corrected chi connectivity index (χ4v) is 10.0. The number of ether oxygens (including phenoxy) is 10. The molecule has 30 nitrogen and oxygen atoms in total. The zero-order valence-corrected chi connectivity index (χ0v) is 53.5. The molecule has 2 aliphatic heterocycles. The Morgan fingerprint density at radius 1 is 0.698 bits per heavy atom. The molecule has 2 amide bonds. The van der Waals surface area contributed by atoms with E-state index in [0.717, 1.165) is 50.4 Å². The standard InChI is InChI=1S/C63H81F3N16O14/c1-87-53-41-73-60(56-55(53)50(40-72-56)57(84)62(86)80-13-7-46(8-14-80)49(39-67)45-5-3-2-4-6-45)82-44-74-59(76-82)61(85)69-10-11-70-63(68)71-12-15-78-16-18-79(19-17-78)20-23-89-26-29-92-33-34-94-35-36-95-43-48-42-81(77-75-48)21-24-90-27-30-93-32-31-91-28-25-88-22-9-54(83)96-58-51(65)37-47(64)38-52(58)66/h2-6,37-38,40-42,44,72H,7-36,43H2,1H3,(H,69,85)(H3,68,70,71). The van der Waals surface area contributed by atoms with E-state index in [0.29, 0.717) is 146 Å². The number of hydrogen-bond acceptors (Lipinski definition) is 23. The molecule has 2 fully saturated rings. The van der Waals surface area contributed by atoms with Gasteiger partial charge in [0.15, 0.2) is 23.4 Å². The molecule has 0 saturated carbocycles. The first-order chi connectivity index (χ1) is 46.9. The molecule has 2 aliphatic rings. The van der Waals surface area contributed by atoms with Crippen LogP contribution in [0.2, 0.25) is 0 Å². The maximum atomic E-state index is 13.8. The van der Waals surface area contributed by atoms with Gasteiger partial charge in [0, 0.05) is 90.3 Å². The summed E-state index contributed by atoms with van der Waals surface area (Å²) in [5.41, 5.74) is 3.46. The number of guanidine groups is 1. The van der Waals surface area contributed by atoms with E-state index in [1.54, 1.807) is 10.9 Å². The number of H-pyrrole nitrogens is 1. The number of nitrogens with one attached hydrogen (secondary N) is 5. The van der Waals surface area contributed by atoms with Gasteiger partial charge >= 0.3 is 5.97 Å². The number of benzene rings is 2. The predicted molar refractivity (Wildman–Crippen MR) is 338 cm³/mol. The lowest BCUT2D eigenvalue weighted by molar-refractivity contribution is -0.136. The van der Waals surface area contributed by atoms with Crippen molar-refractivity contribution in [2.75, 3.05) is 178 Å². The number of piperazine rings is 1. The van der Waals surface area contributed by atoms with E-state index >= 15 is 0 Å². The number of nitrogens with zero attached hydrogens (tertiary/aromatic N) is 11. The summed E-state index contributed by atoms with van der Waals surface area (Å²) in [7, 11) is 1.43. The number of nitriles is 1. The topological polar surface area (TPSA) is 344 Å². The normalized spacial score (nSPS) is 13.6. The van der Waals surface area contributed by atoms with Crippen LogP contribution in [0.4, 0.5) is 13.2 Å². The van der Waals surface area contributed by atoms with Crippen molar-refractivity contribution in [1.29, 1.82) is 10.7 Å². The molecule has 0 bridgehead atoms. The van der Waals surface area contributed by atoms with Crippen molar-refractivity contribution in [2.45, 2.75) is 32.4 Å². The Hall–Kier alpha value is -8.82. The number of Topliss-reactive ketones (excluding diaryl/α,β-unsaturated/α-hetero) is 1. The van der Waals surface area contributed by atoms with Gasteiger partial charge in [0.25, 0.3) is 17.6 Å². The van der Waals surface area contributed by atoms with E-state index in [1.165, 1.54) is 35.4 Å². The Labute approximate surface area is 552 Å². The zero-order valence-electron chi connectivity index (χ0n) is 53.5. The molecule has 8 rings (SSSR count). The van der Waals surface area contributed by atoms with Crippen LogP contribution in [0.1, 0.15) is 51.5 Å². The van der Waals surface area contributed by atoms with Crippen molar-refractivity contribution in [1.82, 2.24) is 70.4 Å². The maximum Gasteiger partial charge on any atom is 0.313 e. The summed E-state index contributed by atoms with van der Waals surface area (Å²) in [6.45, 7) is 13.0. The van der Waals surface area contributed by atoms with Crippen LogP contribution >= 0.6 is 0 Å². The molecular weight excluding hydrogens is 1260 g/mol. The van der Waals surface area contributed by atoms with Gasteiger partial charge in [-0.25, -0.2) is 27.8 Å². The number of hydrogen-bond donors (Lipinski definition) is 5. The highest BCUT2D eigenvalue weighted by Crippen LogP contribution is 2.33. The minimum atomic E-state index is -1.31. The van der Waals surface area contributed by atoms with Gasteiger partial charge < -0.3 is 73.2 Å². The lowest BCUT2D eigenvalue weighted by Gasteiger charge is -2.34. The Bertz CT molecular complexity index is 3490. The first-order valence-corrected chi connectivity index (χ1v) is 31.5. The summed E-state index contributed by atoms with van der Waals surface area (Å²) < 4.78 is 97.8. The van der Waals surface area contributed by atoms with Crippen LogP contribution in [0, 0.1) is 34.2 Å². The molecule has 0 spiro atoms. The largest absolute Gasteiger partial charge is 0.494 e. The molecule has 0 aliphatic carbocycles. The van der Waals surface area contributed by atoms with Crippen LogP contribution in [-0.2, 0) is 60.6 Å². The molecule has 6 aromatic rings. The monoisotopic (exact) mass is 1340 g/mol. The first-order valence-electron chi connectivity index (χ1n) is 31.5.